The third kappa shape index (κ3) is 3.61. The van der Waals surface area contributed by atoms with Crippen molar-refractivity contribution in [3.8, 4) is 0 Å². The standard InChI is InChI=1S/C10H13F2N3O2/c1-5(2)7(9(16)17)15-10-13-3-6(4-14-10)8(11)12/h3-5,7-8H,1-2H3,(H,16,17)(H,13,14,15)/t7-/m1/s1. The topological polar surface area (TPSA) is 75.1 Å². The highest BCUT2D eigenvalue weighted by Crippen LogP contribution is 2.17. The van der Waals surface area contributed by atoms with Crippen molar-refractivity contribution in [1.82, 2.24) is 9.97 Å². The van der Waals surface area contributed by atoms with Gasteiger partial charge in [0.25, 0.3) is 6.43 Å². The number of halogens is 2. The zero-order valence-electron chi connectivity index (χ0n) is 9.39. The molecular weight excluding hydrogens is 232 g/mol. The molecule has 0 unspecified atom stereocenters. The van der Waals surface area contributed by atoms with E-state index in [-0.39, 0.29) is 17.4 Å². The lowest BCUT2D eigenvalue weighted by Crippen LogP contribution is -2.34. The summed E-state index contributed by atoms with van der Waals surface area (Å²) in [6, 6.07) is -0.854. The molecule has 1 heterocycles. The van der Waals surface area contributed by atoms with Crippen LogP contribution in [0.3, 0.4) is 0 Å². The van der Waals surface area contributed by atoms with Crippen LogP contribution >= 0.6 is 0 Å². The van der Waals surface area contributed by atoms with Gasteiger partial charge in [0.2, 0.25) is 5.95 Å². The van der Waals surface area contributed by atoms with E-state index in [9.17, 15) is 13.6 Å². The molecule has 0 aromatic carbocycles. The summed E-state index contributed by atoms with van der Waals surface area (Å²) in [6.07, 6.45) is -0.692. The minimum absolute atomic E-state index is 0.0236. The number of nitrogens with one attached hydrogen (secondary N) is 1. The van der Waals surface area contributed by atoms with Crippen molar-refractivity contribution < 1.29 is 18.7 Å². The monoisotopic (exact) mass is 245 g/mol. The van der Waals surface area contributed by atoms with Gasteiger partial charge in [-0.1, -0.05) is 13.8 Å². The van der Waals surface area contributed by atoms with Gasteiger partial charge in [0, 0.05) is 12.4 Å². The van der Waals surface area contributed by atoms with Crippen molar-refractivity contribution >= 4 is 11.9 Å². The van der Waals surface area contributed by atoms with Crippen LogP contribution in [-0.2, 0) is 4.79 Å². The number of carbonyl (C=O) groups is 1. The van der Waals surface area contributed by atoms with Gasteiger partial charge in [-0.05, 0) is 5.92 Å². The smallest absolute Gasteiger partial charge is 0.326 e. The van der Waals surface area contributed by atoms with E-state index < -0.39 is 18.4 Å². The van der Waals surface area contributed by atoms with Crippen LogP contribution in [0.2, 0.25) is 0 Å². The fourth-order valence-corrected chi connectivity index (χ4v) is 1.18. The van der Waals surface area contributed by atoms with Gasteiger partial charge in [-0.25, -0.2) is 23.5 Å². The first-order valence-electron chi connectivity index (χ1n) is 5.01. The Bertz CT molecular complexity index is 382. The minimum Gasteiger partial charge on any atom is -0.480 e. The summed E-state index contributed by atoms with van der Waals surface area (Å²) in [7, 11) is 0. The molecule has 1 aromatic rings. The van der Waals surface area contributed by atoms with E-state index in [4.69, 9.17) is 5.11 Å². The number of anilines is 1. The average molecular weight is 245 g/mol. The number of rotatable bonds is 5. The van der Waals surface area contributed by atoms with Crippen LogP contribution in [0.4, 0.5) is 14.7 Å². The van der Waals surface area contributed by atoms with Crippen molar-refractivity contribution in [3.63, 3.8) is 0 Å². The largest absolute Gasteiger partial charge is 0.480 e. The Hall–Kier alpha value is -1.79. The third-order valence-electron chi connectivity index (χ3n) is 2.14. The van der Waals surface area contributed by atoms with Crippen molar-refractivity contribution in [2.75, 3.05) is 5.32 Å². The van der Waals surface area contributed by atoms with Gasteiger partial charge in [0.1, 0.15) is 6.04 Å². The Balaban J connectivity index is 2.77. The Morgan fingerprint density at radius 2 is 1.88 bits per heavy atom. The third-order valence-corrected chi connectivity index (χ3v) is 2.14. The number of hydrogen-bond donors (Lipinski definition) is 2. The van der Waals surface area contributed by atoms with Gasteiger partial charge in [-0.15, -0.1) is 0 Å². The van der Waals surface area contributed by atoms with Gasteiger partial charge in [-0.3, -0.25) is 0 Å². The predicted octanol–water partition coefficient (Wildman–Crippen LogP) is 1.94. The van der Waals surface area contributed by atoms with Crippen LogP contribution in [-0.4, -0.2) is 27.1 Å². The second-order valence-electron chi connectivity index (χ2n) is 3.84. The van der Waals surface area contributed by atoms with Gasteiger partial charge in [-0.2, -0.15) is 0 Å². The van der Waals surface area contributed by atoms with Gasteiger partial charge in [0.05, 0.1) is 5.56 Å². The molecule has 0 radical (unpaired) electrons. The van der Waals surface area contributed by atoms with E-state index >= 15 is 0 Å². The Morgan fingerprint density at radius 3 is 2.24 bits per heavy atom. The molecule has 0 aliphatic rings. The molecule has 0 aliphatic carbocycles. The molecular formula is C10H13F2N3O2. The molecule has 5 nitrogen and oxygen atoms in total. The van der Waals surface area contributed by atoms with Crippen LogP contribution < -0.4 is 5.32 Å². The molecule has 0 bridgehead atoms. The number of aliphatic carboxylic acids is 1. The first-order chi connectivity index (χ1) is 7.91. The highest BCUT2D eigenvalue weighted by Gasteiger charge is 2.22. The van der Waals surface area contributed by atoms with Crippen molar-refractivity contribution in [2.24, 2.45) is 5.92 Å². The normalized spacial score (nSPS) is 12.8. The Kier molecular flexibility index (Phi) is 4.30. The summed E-state index contributed by atoms with van der Waals surface area (Å²) in [5, 5.41) is 11.5. The molecule has 1 aromatic heterocycles. The number of alkyl halides is 2. The first kappa shape index (κ1) is 13.3. The molecule has 94 valence electrons. The van der Waals surface area contributed by atoms with E-state index in [1.54, 1.807) is 13.8 Å². The van der Waals surface area contributed by atoms with Crippen LogP contribution in [0.15, 0.2) is 12.4 Å². The molecule has 0 spiro atoms. The summed E-state index contributed by atoms with van der Waals surface area (Å²) < 4.78 is 24.4. The number of carboxylic acid groups (broad SMARTS) is 1. The quantitative estimate of drug-likeness (QED) is 0.829. The highest BCUT2D eigenvalue weighted by atomic mass is 19.3. The molecule has 0 saturated heterocycles. The molecule has 0 aliphatic heterocycles. The van der Waals surface area contributed by atoms with Crippen molar-refractivity contribution in [2.45, 2.75) is 26.3 Å². The predicted molar refractivity (Wildman–Crippen MR) is 56.9 cm³/mol. The van der Waals surface area contributed by atoms with Crippen LogP contribution in [0.25, 0.3) is 0 Å². The summed E-state index contributed by atoms with van der Waals surface area (Å²) in [5.41, 5.74) is -0.299. The second kappa shape index (κ2) is 5.51. The fourth-order valence-electron chi connectivity index (χ4n) is 1.18. The average Bonchev–Trinajstić information content (AvgIpc) is 2.25. The molecule has 0 fully saturated rings. The van der Waals surface area contributed by atoms with Crippen LogP contribution in [0, 0.1) is 5.92 Å². The number of nitrogens with zero attached hydrogens (tertiary/aromatic N) is 2. The molecule has 7 heteroatoms. The lowest BCUT2D eigenvalue weighted by molar-refractivity contribution is -0.138. The minimum atomic E-state index is -2.63. The zero-order chi connectivity index (χ0) is 13.0. The maximum atomic E-state index is 12.2. The molecule has 1 rings (SSSR count). The maximum absolute atomic E-state index is 12.2. The van der Waals surface area contributed by atoms with E-state index in [0.29, 0.717) is 0 Å². The molecule has 2 N–H and O–H groups in total. The first-order valence-corrected chi connectivity index (χ1v) is 5.01. The zero-order valence-corrected chi connectivity index (χ0v) is 9.39. The van der Waals surface area contributed by atoms with E-state index in [2.05, 4.69) is 15.3 Å². The number of carboxylic acids is 1. The maximum Gasteiger partial charge on any atom is 0.326 e. The van der Waals surface area contributed by atoms with E-state index in [1.165, 1.54) is 0 Å². The summed E-state index contributed by atoms with van der Waals surface area (Å²) in [5.74, 6) is -1.19. The fraction of sp³-hybridized carbons (Fsp3) is 0.500. The van der Waals surface area contributed by atoms with Gasteiger partial charge >= 0.3 is 5.97 Å². The van der Waals surface area contributed by atoms with Crippen molar-refractivity contribution in [3.05, 3.63) is 18.0 Å². The highest BCUT2D eigenvalue weighted by molar-refractivity contribution is 5.76. The molecule has 17 heavy (non-hydrogen) atoms. The molecule has 1 atom stereocenters. The van der Waals surface area contributed by atoms with E-state index in [1.807, 2.05) is 0 Å². The molecule has 0 amide bonds. The number of hydrogen-bond acceptors (Lipinski definition) is 4. The van der Waals surface area contributed by atoms with Crippen molar-refractivity contribution in [1.29, 1.82) is 0 Å². The number of aromatic nitrogens is 2. The summed E-state index contributed by atoms with van der Waals surface area (Å²) >= 11 is 0. The Morgan fingerprint density at radius 1 is 1.35 bits per heavy atom. The SMILES string of the molecule is CC(C)[C@@H](Nc1ncc(C(F)F)cn1)C(=O)O. The van der Waals surface area contributed by atoms with Crippen LogP contribution in [0.1, 0.15) is 25.8 Å². The summed E-state index contributed by atoms with van der Waals surface area (Å²) in [6.45, 7) is 3.44. The van der Waals surface area contributed by atoms with Crippen LogP contribution in [0.5, 0.6) is 0 Å². The second-order valence-corrected chi connectivity index (χ2v) is 3.84. The van der Waals surface area contributed by atoms with E-state index in [0.717, 1.165) is 12.4 Å². The lowest BCUT2D eigenvalue weighted by Gasteiger charge is -2.17. The lowest BCUT2D eigenvalue weighted by atomic mass is 10.1. The van der Waals surface area contributed by atoms with Gasteiger partial charge < -0.3 is 10.4 Å². The molecule has 0 saturated carbocycles. The summed E-state index contributed by atoms with van der Waals surface area (Å²) in [4.78, 5) is 18.2. The van der Waals surface area contributed by atoms with Gasteiger partial charge in [0.15, 0.2) is 0 Å². The Labute approximate surface area is 96.9 Å².